The average Bonchev–Trinajstić information content (AvgIpc) is 2.84. The lowest BCUT2D eigenvalue weighted by Gasteiger charge is -2.28. The summed E-state index contributed by atoms with van der Waals surface area (Å²) in [4.78, 5) is 38.7. The van der Waals surface area contributed by atoms with E-state index in [4.69, 9.17) is 0 Å². The van der Waals surface area contributed by atoms with Crippen molar-refractivity contribution in [2.24, 2.45) is 0 Å². The molecule has 6 heteroatoms. The molecule has 140 valence electrons. The van der Waals surface area contributed by atoms with Crippen molar-refractivity contribution < 1.29 is 14.4 Å². The third kappa shape index (κ3) is 3.89. The van der Waals surface area contributed by atoms with Gasteiger partial charge in [-0.15, -0.1) is 0 Å². The van der Waals surface area contributed by atoms with Crippen LogP contribution in [0.1, 0.15) is 63.5 Å². The van der Waals surface area contributed by atoms with Gasteiger partial charge in [-0.3, -0.25) is 14.5 Å². The van der Waals surface area contributed by atoms with Crippen molar-refractivity contribution in [2.45, 2.75) is 63.5 Å². The highest BCUT2D eigenvalue weighted by atomic mass is 16.2. The van der Waals surface area contributed by atoms with E-state index in [1.807, 2.05) is 37.3 Å². The highest BCUT2D eigenvalue weighted by Gasteiger charge is 2.50. The molecule has 2 N–H and O–H groups in total. The summed E-state index contributed by atoms with van der Waals surface area (Å²) in [5.41, 5.74) is 0.178. The fourth-order valence-electron chi connectivity index (χ4n) is 3.92. The second-order valence-corrected chi connectivity index (χ2v) is 7.37. The first-order valence-corrected chi connectivity index (χ1v) is 9.50. The minimum absolute atomic E-state index is 0.181. The number of carbonyl (C=O) groups is 3. The van der Waals surface area contributed by atoms with E-state index in [1.54, 1.807) is 0 Å². The Labute approximate surface area is 154 Å². The summed E-state index contributed by atoms with van der Waals surface area (Å²) in [6.07, 6.45) is 6.53. The fourth-order valence-corrected chi connectivity index (χ4v) is 3.92. The summed E-state index contributed by atoms with van der Waals surface area (Å²) in [5, 5.41) is 5.75. The van der Waals surface area contributed by atoms with E-state index >= 15 is 0 Å². The number of hydrogen-bond acceptors (Lipinski definition) is 3. The number of carbonyl (C=O) groups excluding carboxylic acids is 3. The molecule has 0 aromatic heterocycles. The maximum atomic E-state index is 12.9. The van der Waals surface area contributed by atoms with Gasteiger partial charge < -0.3 is 10.6 Å². The number of benzene rings is 1. The Balaban J connectivity index is 1.63. The number of rotatable bonds is 4. The molecule has 1 aliphatic heterocycles. The maximum Gasteiger partial charge on any atom is 0.325 e. The first-order valence-electron chi connectivity index (χ1n) is 9.50. The van der Waals surface area contributed by atoms with Crippen molar-refractivity contribution in [3.63, 3.8) is 0 Å². The molecular formula is C20H27N3O3. The van der Waals surface area contributed by atoms with Gasteiger partial charge in [-0.1, -0.05) is 62.4 Å². The molecule has 1 spiro atoms. The molecule has 2 aliphatic rings. The molecule has 1 aromatic rings. The molecule has 0 bridgehead atoms. The third-order valence-electron chi connectivity index (χ3n) is 5.43. The summed E-state index contributed by atoms with van der Waals surface area (Å²) >= 11 is 0. The highest BCUT2D eigenvalue weighted by molar-refractivity contribution is 6.09. The number of hydrogen-bond donors (Lipinski definition) is 2. The third-order valence-corrected chi connectivity index (χ3v) is 5.43. The molecule has 0 radical (unpaired) electrons. The van der Waals surface area contributed by atoms with E-state index in [0.29, 0.717) is 12.8 Å². The van der Waals surface area contributed by atoms with Crippen molar-refractivity contribution in [2.75, 3.05) is 6.54 Å². The average molecular weight is 357 g/mol. The van der Waals surface area contributed by atoms with E-state index in [2.05, 4.69) is 10.6 Å². The molecule has 1 saturated heterocycles. The Morgan fingerprint density at radius 1 is 1.12 bits per heavy atom. The van der Waals surface area contributed by atoms with E-state index < -0.39 is 11.6 Å². The minimum atomic E-state index is -0.803. The molecule has 4 amide bonds. The summed E-state index contributed by atoms with van der Waals surface area (Å²) in [5.74, 6) is -0.570. The normalized spacial score (nSPS) is 21.0. The smallest absolute Gasteiger partial charge is 0.325 e. The Bertz CT molecular complexity index is 666. The monoisotopic (exact) mass is 357 g/mol. The van der Waals surface area contributed by atoms with E-state index in [-0.39, 0.29) is 24.4 Å². The second kappa shape index (κ2) is 7.89. The summed E-state index contributed by atoms with van der Waals surface area (Å²) in [6, 6.07) is 8.98. The quantitative estimate of drug-likeness (QED) is 0.813. The molecule has 1 atom stereocenters. The molecule has 2 fully saturated rings. The predicted molar refractivity (Wildman–Crippen MR) is 98.3 cm³/mol. The maximum absolute atomic E-state index is 12.9. The molecule has 3 rings (SSSR count). The molecular weight excluding hydrogens is 330 g/mol. The van der Waals surface area contributed by atoms with Crippen molar-refractivity contribution in [1.29, 1.82) is 0 Å². The largest absolute Gasteiger partial charge is 0.348 e. The van der Waals surface area contributed by atoms with Gasteiger partial charge in [-0.05, 0) is 25.3 Å². The van der Waals surface area contributed by atoms with Gasteiger partial charge in [0.15, 0.2) is 0 Å². The zero-order valence-corrected chi connectivity index (χ0v) is 15.3. The number of urea groups is 1. The van der Waals surface area contributed by atoms with Crippen LogP contribution < -0.4 is 10.6 Å². The van der Waals surface area contributed by atoms with Crippen LogP contribution in [0.2, 0.25) is 0 Å². The van der Waals surface area contributed by atoms with Crippen LogP contribution in [0.25, 0.3) is 0 Å². The van der Waals surface area contributed by atoms with Gasteiger partial charge in [0.05, 0.1) is 6.04 Å². The molecule has 1 heterocycles. The fraction of sp³-hybridized carbons (Fsp3) is 0.550. The van der Waals surface area contributed by atoms with Crippen LogP contribution in [-0.2, 0) is 9.59 Å². The summed E-state index contributed by atoms with van der Waals surface area (Å²) in [6.45, 7) is 1.65. The van der Waals surface area contributed by atoms with Gasteiger partial charge in [0.2, 0.25) is 5.91 Å². The van der Waals surface area contributed by atoms with Crippen molar-refractivity contribution in [3.05, 3.63) is 35.9 Å². The Kier molecular flexibility index (Phi) is 5.59. The molecule has 1 aliphatic carbocycles. The Morgan fingerprint density at radius 2 is 1.73 bits per heavy atom. The van der Waals surface area contributed by atoms with Crippen LogP contribution in [0.15, 0.2) is 30.3 Å². The van der Waals surface area contributed by atoms with Crippen LogP contribution in [0.4, 0.5) is 4.79 Å². The minimum Gasteiger partial charge on any atom is -0.348 e. The predicted octanol–water partition coefficient (Wildman–Crippen LogP) is 2.90. The van der Waals surface area contributed by atoms with E-state index in [9.17, 15) is 14.4 Å². The van der Waals surface area contributed by atoms with Crippen molar-refractivity contribution in [3.8, 4) is 0 Å². The lowest BCUT2D eigenvalue weighted by Crippen LogP contribution is -2.48. The van der Waals surface area contributed by atoms with Gasteiger partial charge >= 0.3 is 6.03 Å². The van der Waals surface area contributed by atoms with Crippen LogP contribution in [0, 0.1) is 0 Å². The SMILES string of the molecule is C[C@@H](NC(=O)CN1C(=O)NC2(CCCCCCC2)C1=O)c1ccccc1. The second-order valence-electron chi connectivity index (χ2n) is 7.37. The molecule has 1 saturated carbocycles. The molecule has 0 unspecified atom stereocenters. The lowest BCUT2D eigenvalue weighted by molar-refractivity contribution is -0.135. The van der Waals surface area contributed by atoms with Crippen LogP contribution in [0.3, 0.4) is 0 Å². The Morgan fingerprint density at radius 3 is 2.38 bits per heavy atom. The number of nitrogens with one attached hydrogen (secondary N) is 2. The van der Waals surface area contributed by atoms with Gasteiger partial charge in [0.25, 0.3) is 5.91 Å². The first kappa shape index (κ1) is 18.4. The summed E-state index contributed by atoms with van der Waals surface area (Å²) in [7, 11) is 0. The van der Waals surface area contributed by atoms with Crippen LogP contribution in [0.5, 0.6) is 0 Å². The summed E-state index contributed by atoms with van der Waals surface area (Å²) < 4.78 is 0. The van der Waals surface area contributed by atoms with E-state index in [0.717, 1.165) is 36.1 Å². The van der Waals surface area contributed by atoms with E-state index in [1.165, 1.54) is 6.42 Å². The standard InChI is InChI=1S/C20H27N3O3/c1-15(16-10-6-5-7-11-16)21-17(24)14-23-18(25)20(22-19(23)26)12-8-3-2-4-9-13-20/h5-7,10-11,15H,2-4,8-9,12-14H2,1H3,(H,21,24)(H,22,26)/t15-/m1/s1. The zero-order chi connectivity index (χ0) is 18.6. The number of amides is 4. The lowest BCUT2D eigenvalue weighted by atomic mass is 9.84. The molecule has 26 heavy (non-hydrogen) atoms. The van der Waals surface area contributed by atoms with Crippen molar-refractivity contribution >= 4 is 17.8 Å². The van der Waals surface area contributed by atoms with Crippen LogP contribution in [-0.4, -0.2) is 34.8 Å². The van der Waals surface area contributed by atoms with Gasteiger partial charge in [-0.25, -0.2) is 4.79 Å². The topological polar surface area (TPSA) is 78.5 Å². The zero-order valence-electron chi connectivity index (χ0n) is 15.3. The number of nitrogens with zero attached hydrogens (tertiary/aromatic N) is 1. The molecule has 1 aromatic carbocycles. The van der Waals surface area contributed by atoms with Gasteiger partial charge in [0, 0.05) is 0 Å². The van der Waals surface area contributed by atoms with Gasteiger partial charge in [0.1, 0.15) is 12.1 Å². The van der Waals surface area contributed by atoms with Crippen LogP contribution >= 0.6 is 0 Å². The molecule has 6 nitrogen and oxygen atoms in total. The van der Waals surface area contributed by atoms with Crippen molar-refractivity contribution in [1.82, 2.24) is 15.5 Å². The number of imide groups is 1. The highest BCUT2D eigenvalue weighted by Crippen LogP contribution is 2.32. The van der Waals surface area contributed by atoms with Gasteiger partial charge in [-0.2, -0.15) is 0 Å². The Hall–Kier alpha value is -2.37. The first-order chi connectivity index (χ1) is 12.5.